The van der Waals surface area contributed by atoms with Crippen LogP contribution in [0.5, 0.6) is 0 Å². The number of nitrogens with zero attached hydrogens (tertiary/aromatic N) is 1. The summed E-state index contributed by atoms with van der Waals surface area (Å²) in [6, 6.07) is 0. The standard InChI is InChI=1S/C12H18ClNO/c1-2-12(6-3-4-7-12)10-9-14-11(15-10)5-8-13/h9H,2-8H2,1H3. The number of aromatic nitrogens is 1. The lowest BCUT2D eigenvalue weighted by molar-refractivity contribution is 0.318. The SMILES string of the molecule is CCC1(c2cnc(CCCl)o2)CCCC1. The summed E-state index contributed by atoms with van der Waals surface area (Å²) in [6.07, 6.45) is 8.94. The van der Waals surface area contributed by atoms with Gasteiger partial charge in [0.1, 0.15) is 5.76 Å². The Morgan fingerprint density at radius 3 is 2.80 bits per heavy atom. The van der Waals surface area contributed by atoms with E-state index in [1.54, 1.807) is 0 Å². The van der Waals surface area contributed by atoms with E-state index in [0.29, 0.717) is 5.88 Å². The highest BCUT2D eigenvalue weighted by atomic mass is 35.5. The molecule has 1 fully saturated rings. The fourth-order valence-electron chi connectivity index (χ4n) is 2.58. The maximum atomic E-state index is 5.81. The summed E-state index contributed by atoms with van der Waals surface area (Å²) in [5.41, 5.74) is 0.275. The van der Waals surface area contributed by atoms with Gasteiger partial charge in [-0.15, -0.1) is 11.6 Å². The second-order valence-electron chi connectivity index (χ2n) is 4.40. The summed E-state index contributed by atoms with van der Waals surface area (Å²) < 4.78 is 5.81. The first-order valence-corrected chi connectivity index (χ1v) is 6.35. The van der Waals surface area contributed by atoms with E-state index in [1.165, 1.54) is 25.7 Å². The fraction of sp³-hybridized carbons (Fsp3) is 0.750. The third-order valence-corrected chi connectivity index (χ3v) is 3.81. The normalized spacial score (nSPS) is 19.6. The predicted molar refractivity (Wildman–Crippen MR) is 61.4 cm³/mol. The zero-order chi connectivity index (χ0) is 10.7. The molecule has 15 heavy (non-hydrogen) atoms. The van der Waals surface area contributed by atoms with Gasteiger partial charge in [-0.3, -0.25) is 0 Å². The van der Waals surface area contributed by atoms with Gasteiger partial charge in [-0.25, -0.2) is 4.98 Å². The lowest BCUT2D eigenvalue weighted by atomic mass is 9.81. The molecular weight excluding hydrogens is 210 g/mol. The van der Waals surface area contributed by atoms with E-state index in [1.807, 2.05) is 6.20 Å². The molecule has 0 spiro atoms. The van der Waals surface area contributed by atoms with Crippen LogP contribution >= 0.6 is 11.6 Å². The molecule has 2 rings (SSSR count). The van der Waals surface area contributed by atoms with Gasteiger partial charge < -0.3 is 4.42 Å². The van der Waals surface area contributed by atoms with Crippen molar-refractivity contribution in [1.82, 2.24) is 4.98 Å². The van der Waals surface area contributed by atoms with Crippen molar-refractivity contribution in [2.75, 3.05) is 5.88 Å². The summed E-state index contributed by atoms with van der Waals surface area (Å²) >= 11 is 5.67. The Hall–Kier alpha value is -0.500. The van der Waals surface area contributed by atoms with Crippen LogP contribution in [0.3, 0.4) is 0 Å². The monoisotopic (exact) mass is 227 g/mol. The zero-order valence-electron chi connectivity index (χ0n) is 9.26. The minimum absolute atomic E-state index is 0.275. The number of hydrogen-bond acceptors (Lipinski definition) is 2. The molecular formula is C12H18ClNO. The van der Waals surface area contributed by atoms with Gasteiger partial charge >= 0.3 is 0 Å². The van der Waals surface area contributed by atoms with Gasteiger partial charge in [-0.2, -0.15) is 0 Å². The van der Waals surface area contributed by atoms with Gasteiger partial charge in [0.05, 0.1) is 6.20 Å². The molecule has 0 atom stereocenters. The summed E-state index contributed by atoms with van der Waals surface area (Å²) in [5.74, 6) is 2.46. The summed E-state index contributed by atoms with van der Waals surface area (Å²) in [7, 11) is 0. The summed E-state index contributed by atoms with van der Waals surface area (Å²) in [5, 5.41) is 0. The van der Waals surface area contributed by atoms with Crippen LogP contribution in [0.15, 0.2) is 10.6 Å². The lowest BCUT2D eigenvalue weighted by Crippen LogP contribution is -2.19. The van der Waals surface area contributed by atoms with Gasteiger partial charge in [0.2, 0.25) is 0 Å². The maximum Gasteiger partial charge on any atom is 0.195 e. The van der Waals surface area contributed by atoms with Crippen molar-refractivity contribution < 1.29 is 4.42 Å². The number of oxazole rings is 1. The molecule has 1 aromatic rings. The van der Waals surface area contributed by atoms with Crippen LogP contribution in [0.2, 0.25) is 0 Å². The van der Waals surface area contributed by atoms with Crippen molar-refractivity contribution in [3.8, 4) is 0 Å². The van der Waals surface area contributed by atoms with Crippen LogP contribution in [0, 0.1) is 0 Å². The average molecular weight is 228 g/mol. The highest BCUT2D eigenvalue weighted by molar-refractivity contribution is 6.17. The third-order valence-electron chi connectivity index (χ3n) is 3.62. The number of rotatable bonds is 4. The van der Waals surface area contributed by atoms with Gasteiger partial charge in [-0.1, -0.05) is 19.8 Å². The van der Waals surface area contributed by atoms with E-state index < -0.39 is 0 Å². The fourth-order valence-corrected chi connectivity index (χ4v) is 2.74. The van der Waals surface area contributed by atoms with Crippen molar-refractivity contribution in [3.05, 3.63) is 17.8 Å². The second-order valence-corrected chi connectivity index (χ2v) is 4.78. The number of hydrogen-bond donors (Lipinski definition) is 0. The van der Waals surface area contributed by atoms with Crippen LogP contribution < -0.4 is 0 Å². The molecule has 1 aliphatic rings. The average Bonchev–Trinajstić information content (AvgIpc) is 2.86. The Kier molecular flexibility index (Phi) is 3.35. The minimum Gasteiger partial charge on any atom is -0.445 e. The highest BCUT2D eigenvalue weighted by Crippen LogP contribution is 2.43. The Balaban J connectivity index is 2.19. The van der Waals surface area contributed by atoms with E-state index in [4.69, 9.17) is 16.0 Å². The largest absolute Gasteiger partial charge is 0.445 e. The molecule has 1 aliphatic carbocycles. The minimum atomic E-state index is 0.275. The van der Waals surface area contributed by atoms with E-state index >= 15 is 0 Å². The van der Waals surface area contributed by atoms with E-state index in [0.717, 1.165) is 24.5 Å². The van der Waals surface area contributed by atoms with Crippen molar-refractivity contribution in [3.63, 3.8) is 0 Å². The van der Waals surface area contributed by atoms with Crippen molar-refractivity contribution in [1.29, 1.82) is 0 Å². The molecule has 1 saturated carbocycles. The lowest BCUT2D eigenvalue weighted by Gasteiger charge is -2.23. The first kappa shape index (κ1) is 11.0. The molecule has 0 bridgehead atoms. The molecule has 0 saturated heterocycles. The van der Waals surface area contributed by atoms with Crippen molar-refractivity contribution in [2.45, 2.75) is 50.9 Å². The molecule has 0 aliphatic heterocycles. The van der Waals surface area contributed by atoms with Crippen molar-refractivity contribution in [2.24, 2.45) is 0 Å². The Bertz CT molecular complexity index is 315. The molecule has 0 amide bonds. The molecule has 0 aromatic carbocycles. The van der Waals surface area contributed by atoms with E-state index in [2.05, 4.69) is 11.9 Å². The predicted octanol–water partition coefficient (Wildman–Crippen LogP) is 3.68. The van der Waals surface area contributed by atoms with Gasteiger partial charge in [-0.05, 0) is 19.3 Å². The molecule has 1 heterocycles. The zero-order valence-corrected chi connectivity index (χ0v) is 10.0. The topological polar surface area (TPSA) is 26.0 Å². The first-order chi connectivity index (χ1) is 7.30. The Morgan fingerprint density at radius 1 is 1.47 bits per heavy atom. The number of aryl methyl sites for hydroxylation is 1. The molecule has 0 unspecified atom stereocenters. The number of halogens is 1. The van der Waals surface area contributed by atoms with E-state index in [9.17, 15) is 0 Å². The van der Waals surface area contributed by atoms with Crippen LogP contribution in [-0.2, 0) is 11.8 Å². The molecule has 2 nitrogen and oxygen atoms in total. The molecule has 0 N–H and O–H groups in total. The van der Waals surface area contributed by atoms with Crippen LogP contribution in [0.1, 0.15) is 50.7 Å². The van der Waals surface area contributed by atoms with Crippen molar-refractivity contribution >= 4 is 11.6 Å². The van der Waals surface area contributed by atoms with Crippen LogP contribution in [0.4, 0.5) is 0 Å². The van der Waals surface area contributed by atoms with Crippen LogP contribution in [-0.4, -0.2) is 10.9 Å². The number of alkyl halides is 1. The van der Waals surface area contributed by atoms with Gasteiger partial charge in [0.15, 0.2) is 5.89 Å². The molecule has 3 heteroatoms. The maximum absolute atomic E-state index is 5.81. The van der Waals surface area contributed by atoms with Gasteiger partial charge in [0, 0.05) is 17.7 Å². The summed E-state index contributed by atoms with van der Waals surface area (Å²) in [6.45, 7) is 2.25. The molecule has 84 valence electrons. The quantitative estimate of drug-likeness (QED) is 0.734. The summed E-state index contributed by atoms with van der Waals surface area (Å²) in [4.78, 5) is 4.29. The van der Waals surface area contributed by atoms with E-state index in [-0.39, 0.29) is 5.41 Å². The Labute approximate surface area is 96.0 Å². The Morgan fingerprint density at radius 2 is 2.20 bits per heavy atom. The van der Waals surface area contributed by atoms with Crippen LogP contribution in [0.25, 0.3) is 0 Å². The molecule has 1 aromatic heterocycles. The second kappa shape index (κ2) is 4.56. The van der Waals surface area contributed by atoms with Gasteiger partial charge in [0.25, 0.3) is 0 Å². The highest BCUT2D eigenvalue weighted by Gasteiger charge is 2.37. The third kappa shape index (κ3) is 2.05. The smallest absolute Gasteiger partial charge is 0.195 e. The first-order valence-electron chi connectivity index (χ1n) is 5.82. The molecule has 0 radical (unpaired) electrons.